The molecule has 63 heavy (non-hydrogen) atoms. The van der Waals surface area contributed by atoms with E-state index in [4.69, 9.17) is 4.74 Å². The van der Waals surface area contributed by atoms with Gasteiger partial charge < -0.3 is 20.3 Å². The summed E-state index contributed by atoms with van der Waals surface area (Å²) < 4.78 is 5.48. The van der Waals surface area contributed by atoms with E-state index in [2.05, 4.69) is 19.2 Å². The highest BCUT2D eigenvalue weighted by molar-refractivity contribution is 5.76. The molecule has 0 aromatic carbocycles. The zero-order valence-corrected chi connectivity index (χ0v) is 42.6. The highest BCUT2D eigenvalue weighted by atomic mass is 16.5. The lowest BCUT2D eigenvalue weighted by molar-refractivity contribution is -0.143. The van der Waals surface area contributed by atoms with Crippen LogP contribution >= 0.6 is 0 Å². The Kier molecular flexibility index (Phi) is 52.0. The Morgan fingerprint density at radius 3 is 1.08 bits per heavy atom. The van der Waals surface area contributed by atoms with E-state index in [1.807, 2.05) is 6.08 Å². The van der Waals surface area contributed by atoms with Crippen molar-refractivity contribution in [3.05, 3.63) is 12.2 Å². The summed E-state index contributed by atoms with van der Waals surface area (Å²) in [6.45, 7) is 4.90. The summed E-state index contributed by atoms with van der Waals surface area (Å²) in [6, 6.07) is -0.625. The molecular weight excluding hydrogens is 779 g/mol. The van der Waals surface area contributed by atoms with Crippen LogP contribution in [0.3, 0.4) is 0 Å². The molecule has 0 saturated heterocycles. The average Bonchev–Trinajstić information content (AvgIpc) is 3.28. The topological polar surface area (TPSA) is 95.9 Å². The van der Waals surface area contributed by atoms with Crippen molar-refractivity contribution >= 4 is 11.9 Å². The SMILES string of the molecule is CCCCCCCCCCC/C=C/C(O)C(CO)NC(=O)CCCCCCCCCCCCCCCCCCCCCCCCOC(=O)CCCCCCCCCCCCCCC. The molecule has 6 nitrogen and oxygen atoms in total. The van der Waals surface area contributed by atoms with E-state index >= 15 is 0 Å². The van der Waals surface area contributed by atoms with Crippen molar-refractivity contribution in [2.75, 3.05) is 13.2 Å². The van der Waals surface area contributed by atoms with E-state index in [9.17, 15) is 19.8 Å². The summed E-state index contributed by atoms with van der Waals surface area (Å²) in [6.07, 6.45) is 62.4. The van der Waals surface area contributed by atoms with Crippen LogP contribution in [0.25, 0.3) is 0 Å². The maximum Gasteiger partial charge on any atom is 0.305 e. The summed E-state index contributed by atoms with van der Waals surface area (Å²) in [5, 5.41) is 23.0. The Bertz CT molecular complexity index is 939. The molecule has 0 aliphatic carbocycles. The minimum Gasteiger partial charge on any atom is -0.466 e. The van der Waals surface area contributed by atoms with Gasteiger partial charge in [0.25, 0.3) is 0 Å². The lowest BCUT2D eigenvalue weighted by Gasteiger charge is -2.20. The van der Waals surface area contributed by atoms with E-state index in [-0.39, 0.29) is 18.5 Å². The van der Waals surface area contributed by atoms with Crippen LogP contribution in [-0.4, -0.2) is 47.4 Å². The summed E-state index contributed by atoms with van der Waals surface area (Å²) in [5.74, 6) is -0.0539. The molecule has 374 valence electrons. The number of hydrogen-bond donors (Lipinski definition) is 3. The minimum atomic E-state index is -0.842. The zero-order chi connectivity index (χ0) is 45.8. The number of allylic oxidation sites excluding steroid dienone is 1. The van der Waals surface area contributed by atoms with Crippen molar-refractivity contribution in [1.82, 2.24) is 5.32 Å². The molecule has 2 atom stereocenters. The smallest absolute Gasteiger partial charge is 0.305 e. The number of carbonyl (C=O) groups excluding carboxylic acids is 2. The normalized spacial score (nSPS) is 12.6. The van der Waals surface area contributed by atoms with Crippen LogP contribution in [-0.2, 0) is 14.3 Å². The van der Waals surface area contributed by atoms with Crippen LogP contribution in [0.4, 0.5) is 0 Å². The number of hydrogen-bond acceptors (Lipinski definition) is 5. The second kappa shape index (κ2) is 53.2. The van der Waals surface area contributed by atoms with Crippen molar-refractivity contribution < 1.29 is 24.5 Å². The fraction of sp³-hybridized carbons (Fsp3) is 0.930. The van der Waals surface area contributed by atoms with E-state index in [0.29, 0.717) is 19.4 Å². The maximum absolute atomic E-state index is 12.4. The Balaban J connectivity index is 3.37. The first-order valence-corrected chi connectivity index (χ1v) is 28.5. The molecule has 3 N–H and O–H groups in total. The predicted octanol–water partition coefficient (Wildman–Crippen LogP) is 17.3. The molecule has 0 radical (unpaired) electrons. The molecule has 0 saturated carbocycles. The highest BCUT2D eigenvalue weighted by Gasteiger charge is 2.18. The van der Waals surface area contributed by atoms with Gasteiger partial charge in [-0.1, -0.05) is 283 Å². The molecule has 6 heteroatoms. The number of amides is 1. The molecule has 0 bridgehead atoms. The third-order valence-electron chi connectivity index (χ3n) is 13.3. The minimum absolute atomic E-state index is 0.0144. The van der Waals surface area contributed by atoms with Gasteiger partial charge in [0, 0.05) is 12.8 Å². The van der Waals surface area contributed by atoms with Crippen molar-refractivity contribution in [1.29, 1.82) is 0 Å². The van der Waals surface area contributed by atoms with E-state index in [1.54, 1.807) is 6.08 Å². The van der Waals surface area contributed by atoms with E-state index in [0.717, 1.165) is 38.5 Å². The summed E-state index contributed by atoms with van der Waals surface area (Å²) >= 11 is 0. The van der Waals surface area contributed by atoms with Crippen LogP contribution in [0, 0.1) is 0 Å². The molecule has 0 aliphatic heterocycles. The quantitative estimate of drug-likeness (QED) is 0.0321. The average molecular weight is 891 g/mol. The number of ether oxygens (including phenoxy) is 1. The van der Waals surface area contributed by atoms with Gasteiger partial charge in [-0.25, -0.2) is 0 Å². The first-order chi connectivity index (χ1) is 31.0. The van der Waals surface area contributed by atoms with Gasteiger partial charge in [0.2, 0.25) is 5.91 Å². The summed E-state index contributed by atoms with van der Waals surface area (Å²) in [7, 11) is 0. The Morgan fingerprint density at radius 2 is 0.730 bits per heavy atom. The van der Waals surface area contributed by atoms with Gasteiger partial charge in [-0.15, -0.1) is 0 Å². The van der Waals surface area contributed by atoms with Gasteiger partial charge in [-0.3, -0.25) is 9.59 Å². The monoisotopic (exact) mass is 890 g/mol. The van der Waals surface area contributed by atoms with Crippen LogP contribution in [0.5, 0.6) is 0 Å². The van der Waals surface area contributed by atoms with Gasteiger partial charge in [0.15, 0.2) is 0 Å². The summed E-state index contributed by atoms with van der Waals surface area (Å²) in [5.41, 5.74) is 0. The number of aliphatic hydroxyl groups is 2. The van der Waals surface area contributed by atoms with Gasteiger partial charge in [-0.05, 0) is 32.1 Å². The molecule has 1 amide bonds. The number of carbonyl (C=O) groups is 2. The molecule has 0 fully saturated rings. The van der Waals surface area contributed by atoms with E-state index in [1.165, 1.54) is 250 Å². The van der Waals surface area contributed by atoms with Crippen LogP contribution in [0.2, 0.25) is 0 Å². The molecule has 0 aliphatic rings. The van der Waals surface area contributed by atoms with Crippen LogP contribution in [0.15, 0.2) is 12.2 Å². The van der Waals surface area contributed by atoms with Crippen molar-refractivity contribution in [2.45, 2.75) is 328 Å². The number of nitrogens with one attached hydrogen (secondary N) is 1. The molecule has 0 spiro atoms. The standard InChI is InChI=1S/C57H111NO5/c1-3-5-7-9-11-13-15-26-31-35-39-43-47-51-57(62)63-52-48-44-40-36-32-28-25-23-21-19-17-16-18-20-22-24-27-30-34-38-42-46-50-56(61)58-54(53-59)55(60)49-45-41-37-33-29-14-12-10-8-6-4-2/h45,49,54-55,59-60H,3-44,46-48,50-53H2,1-2H3,(H,58,61)/b49-45+. The van der Waals surface area contributed by atoms with Crippen LogP contribution in [0.1, 0.15) is 316 Å². The molecule has 0 rings (SSSR count). The summed E-state index contributed by atoms with van der Waals surface area (Å²) in [4.78, 5) is 24.4. The highest BCUT2D eigenvalue weighted by Crippen LogP contribution is 2.17. The Morgan fingerprint density at radius 1 is 0.429 bits per heavy atom. The second-order valence-electron chi connectivity index (χ2n) is 19.6. The lowest BCUT2D eigenvalue weighted by atomic mass is 10.0. The van der Waals surface area contributed by atoms with Gasteiger partial charge in [0.1, 0.15) is 0 Å². The lowest BCUT2D eigenvalue weighted by Crippen LogP contribution is -2.45. The third-order valence-corrected chi connectivity index (χ3v) is 13.3. The van der Waals surface area contributed by atoms with Gasteiger partial charge in [0.05, 0.1) is 25.4 Å². The zero-order valence-electron chi connectivity index (χ0n) is 42.6. The van der Waals surface area contributed by atoms with Crippen molar-refractivity contribution in [3.63, 3.8) is 0 Å². The number of unbranched alkanes of at least 4 members (excludes halogenated alkanes) is 42. The molecule has 0 aromatic heterocycles. The largest absolute Gasteiger partial charge is 0.466 e. The fourth-order valence-corrected chi connectivity index (χ4v) is 8.93. The molecule has 2 unspecified atom stereocenters. The Labute approximate surface area is 393 Å². The van der Waals surface area contributed by atoms with Gasteiger partial charge >= 0.3 is 5.97 Å². The predicted molar refractivity (Wildman–Crippen MR) is 273 cm³/mol. The van der Waals surface area contributed by atoms with Crippen LogP contribution < -0.4 is 5.32 Å². The maximum atomic E-state index is 12.4. The molecular formula is C57H111NO5. The fourth-order valence-electron chi connectivity index (χ4n) is 8.93. The number of aliphatic hydroxyl groups excluding tert-OH is 2. The van der Waals surface area contributed by atoms with Gasteiger partial charge in [-0.2, -0.15) is 0 Å². The molecule has 0 aromatic rings. The van der Waals surface area contributed by atoms with E-state index < -0.39 is 12.1 Å². The Hall–Kier alpha value is -1.40. The number of esters is 1. The first-order valence-electron chi connectivity index (χ1n) is 28.5. The molecule has 0 heterocycles. The van der Waals surface area contributed by atoms with Crippen molar-refractivity contribution in [3.8, 4) is 0 Å². The second-order valence-corrected chi connectivity index (χ2v) is 19.6. The third kappa shape index (κ3) is 49.9. The van der Waals surface area contributed by atoms with Crippen molar-refractivity contribution in [2.24, 2.45) is 0 Å². The number of rotatable bonds is 53. The first kappa shape index (κ1) is 61.6.